The van der Waals surface area contributed by atoms with Gasteiger partial charge in [-0.15, -0.1) is 0 Å². The molecule has 0 aromatic carbocycles. The number of carbonyl (C=O) groups excluding carboxylic acids is 1. The lowest BCUT2D eigenvalue weighted by atomic mass is 10.1. The summed E-state index contributed by atoms with van der Waals surface area (Å²) in [5, 5.41) is 10.6. The molecule has 0 N–H and O–H groups in total. The summed E-state index contributed by atoms with van der Waals surface area (Å²) in [6.45, 7) is 1.48. The van der Waals surface area contributed by atoms with Gasteiger partial charge in [-0.3, -0.25) is 0 Å². The minimum Gasteiger partial charge on any atom is -0.462 e. The van der Waals surface area contributed by atoms with Crippen LogP contribution in [0.2, 0.25) is 0 Å². The highest BCUT2D eigenvalue weighted by Gasteiger charge is 2.29. The number of esters is 1. The lowest BCUT2D eigenvalue weighted by Gasteiger charge is -2.07. The normalized spacial score (nSPS) is 10.5. The maximum atomic E-state index is 12.8. The molecule has 1 rings (SSSR count). The molecule has 1 aromatic rings. The van der Waals surface area contributed by atoms with Crippen molar-refractivity contribution in [2.75, 3.05) is 6.61 Å². The number of rotatable bonds is 4. The second kappa shape index (κ2) is 5.98. The summed E-state index contributed by atoms with van der Waals surface area (Å²) in [5.74, 6) is -1.71. The summed E-state index contributed by atoms with van der Waals surface area (Å²) >= 11 is 1.42. The van der Waals surface area contributed by atoms with Crippen LogP contribution in [-0.2, 0) is 4.74 Å². The zero-order valence-electron chi connectivity index (χ0n) is 9.02. The number of alkyl halides is 2. The van der Waals surface area contributed by atoms with Crippen LogP contribution in [0.4, 0.5) is 14.6 Å². The molecule has 0 radical (unpaired) electrons. The van der Waals surface area contributed by atoms with E-state index in [2.05, 4.69) is 9.72 Å². The first-order chi connectivity index (χ1) is 8.38. The molecule has 0 aliphatic heterocycles. The van der Waals surface area contributed by atoms with Gasteiger partial charge < -0.3 is 14.9 Å². The average Bonchev–Trinajstić information content (AvgIpc) is 2.27. The summed E-state index contributed by atoms with van der Waals surface area (Å²) in [6.07, 6.45) is -2.97. The van der Waals surface area contributed by atoms with Crippen molar-refractivity contribution in [1.82, 2.24) is 4.98 Å². The number of hydrogen-bond acceptors (Lipinski definition) is 5. The average molecular weight is 372 g/mol. The van der Waals surface area contributed by atoms with Gasteiger partial charge in [0.1, 0.15) is 0 Å². The third-order valence-corrected chi connectivity index (χ3v) is 2.72. The first-order valence-electron chi connectivity index (χ1n) is 4.68. The zero-order valence-corrected chi connectivity index (χ0v) is 11.2. The summed E-state index contributed by atoms with van der Waals surface area (Å²) < 4.78 is 29.9. The van der Waals surface area contributed by atoms with E-state index in [4.69, 9.17) is 0 Å². The van der Waals surface area contributed by atoms with Crippen molar-refractivity contribution in [3.8, 4) is 0 Å². The van der Waals surface area contributed by atoms with Gasteiger partial charge in [-0.25, -0.2) is 13.6 Å². The summed E-state index contributed by atoms with van der Waals surface area (Å²) in [4.78, 5) is 24.6. The Labute approximate surface area is 114 Å². The fraction of sp³-hybridized carbons (Fsp3) is 0.333. The molecule has 0 atom stereocenters. The Balaban J connectivity index is 3.42. The SMILES string of the molecule is CCOC(=O)c1cc([N+](=O)[O-])nc(I)c1C(F)F. The van der Waals surface area contributed by atoms with Gasteiger partial charge in [0.15, 0.2) is 0 Å². The van der Waals surface area contributed by atoms with Gasteiger partial charge in [-0.2, -0.15) is 0 Å². The van der Waals surface area contributed by atoms with E-state index in [1.165, 1.54) is 29.5 Å². The van der Waals surface area contributed by atoms with Gasteiger partial charge in [0, 0.05) is 22.6 Å². The number of nitro groups is 1. The highest BCUT2D eigenvalue weighted by atomic mass is 127. The third-order valence-electron chi connectivity index (χ3n) is 1.90. The summed E-state index contributed by atoms with van der Waals surface area (Å²) in [5.41, 5.74) is -1.18. The molecule has 0 bridgehead atoms. The number of ether oxygens (including phenoxy) is 1. The largest absolute Gasteiger partial charge is 0.462 e. The smallest absolute Gasteiger partial charge is 0.365 e. The Bertz CT molecular complexity index is 496. The number of pyridine rings is 1. The first-order valence-corrected chi connectivity index (χ1v) is 5.76. The van der Waals surface area contributed by atoms with E-state index in [9.17, 15) is 23.7 Å². The first kappa shape index (κ1) is 14.7. The minimum absolute atomic E-state index is 0.0196. The van der Waals surface area contributed by atoms with Crippen LogP contribution in [0.3, 0.4) is 0 Å². The van der Waals surface area contributed by atoms with Crippen molar-refractivity contribution in [3.63, 3.8) is 0 Å². The lowest BCUT2D eigenvalue weighted by molar-refractivity contribution is -0.389. The van der Waals surface area contributed by atoms with Gasteiger partial charge in [0.2, 0.25) is 3.70 Å². The maximum Gasteiger partial charge on any atom is 0.365 e. The molecule has 0 unspecified atom stereocenters. The van der Waals surface area contributed by atoms with E-state index in [1.54, 1.807) is 0 Å². The van der Waals surface area contributed by atoms with Gasteiger partial charge in [-0.1, -0.05) is 0 Å². The molecule has 0 saturated heterocycles. The predicted molar refractivity (Wildman–Crippen MR) is 64.5 cm³/mol. The molecule has 0 fully saturated rings. The molecular weight excluding hydrogens is 365 g/mol. The Morgan fingerprint density at radius 2 is 2.28 bits per heavy atom. The molecule has 1 heterocycles. The van der Waals surface area contributed by atoms with Crippen LogP contribution in [0.1, 0.15) is 29.3 Å². The number of hydrogen-bond donors (Lipinski definition) is 0. The van der Waals surface area contributed by atoms with Crippen molar-refractivity contribution in [3.05, 3.63) is 31.0 Å². The molecule has 0 saturated carbocycles. The standard InChI is InChI=1S/C9H7F2IN2O4/c1-2-18-9(15)4-3-5(14(16)17)13-8(12)6(4)7(10)11/h3,7H,2H2,1H3. The third kappa shape index (κ3) is 3.09. The highest BCUT2D eigenvalue weighted by molar-refractivity contribution is 14.1. The lowest BCUT2D eigenvalue weighted by Crippen LogP contribution is -2.12. The van der Waals surface area contributed by atoms with E-state index < -0.39 is 34.3 Å². The molecule has 9 heteroatoms. The van der Waals surface area contributed by atoms with Crippen LogP contribution >= 0.6 is 22.6 Å². The van der Waals surface area contributed by atoms with Crippen LogP contribution in [0.15, 0.2) is 6.07 Å². The van der Waals surface area contributed by atoms with Crippen molar-refractivity contribution < 1.29 is 23.2 Å². The molecule has 6 nitrogen and oxygen atoms in total. The van der Waals surface area contributed by atoms with E-state index in [0.29, 0.717) is 6.07 Å². The monoisotopic (exact) mass is 372 g/mol. The second-order valence-corrected chi connectivity index (χ2v) is 4.03. The molecule has 18 heavy (non-hydrogen) atoms. The predicted octanol–water partition coefficient (Wildman–Crippen LogP) is 2.71. The molecule has 0 aliphatic carbocycles. The van der Waals surface area contributed by atoms with E-state index in [1.807, 2.05) is 0 Å². The number of halogens is 3. The van der Waals surface area contributed by atoms with Crippen molar-refractivity contribution >= 4 is 34.4 Å². The maximum absolute atomic E-state index is 12.8. The Morgan fingerprint density at radius 1 is 1.67 bits per heavy atom. The van der Waals surface area contributed by atoms with E-state index in [-0.39, 0.29) is 10.3 Å². The Morgan fingerprint density at radius 3 is 2.72 bits per heavy atom. The van der Waals surface area contributed by atoms with E-state index >= 15 is 0 Å². The fourth-order valence-electron chi connectivity index (χ4n) is 1.19. The van der Waals surface area contributed by atoms with Gasteiger partial charge >= 0.3 is 11.8 Å². The van der Waals surface area contributed by atoms with Gasteiger partial charge in [0.25, 0.3) is 6.43 Å². The van der Waals surface area contributed by atoms with Crippen molar-refractivity contribution in [2.45, 2.75) is 13.3 Å². The van der Waals surface area contributed by atoms with Gasteiger partial charge in [0.05, 0.1) is 23.8 Å². The highest BCUT2D eigenvalue weighted by Crippen LogP contribution is 2.30. The van der Waals surface area contributed by atoms with E-state index in [0.717, 1.165) is 0 Å². The fourth-order valence-corrected chi connectivity index (χ4v) is 1.96. The molecule has 98 valence electrons. The molecule has 0 aliphatic rings. The number of aromatic nitrogens is 1. The van der Waals surface area contributed by atoms with Crippen molar-refractivity contribution in [1.29, 1.82) is 0 Å². The van der Waals surface area contributed by atoms with Crippen molar-refractivity contribution in [2.24, 2.45) is 0 Å². The summed E-state index contributed by atoms with van der Waals surface area (Å²) in [7, 11) is 0. The van der Waals surface area contributed by atoms with Crippen LogP contribution in [0.25, 0.3) is 0 Å². The molecule has 0 amide bonds. The quantitative estimate of drug-likeness (QED) is 0.267. The molecule has 0 spiro atoms. The summed E-state index contributed by atoms with van der Waals surface area (Å²) in [6, 6.07) is 0.696. The molecular formula is C9H7F2IN2O4. The number of nitrogens with zero attached hydrogens (tertiary/aromatic N) is 2. The Hall–Kier alpha value is -1.39. The topological polar surface area (TPSA) is 82.3 Å². The Kier molecular flexibility index (Phi) is 4.87. The van der Waals surface area contributed by atoms with Crippen LogP contribution < -0.4 is 0 Å². The minimum atomic E-state index is -2.97. The van der Waals surface area contributed by atoms with Crippen LogP contribution in [0.5, 0.6) is 0 Å². The van der Waals surface area contributed by atoms with Crippen LogP contribution in [0, 0.1) is 13.8 Å². The zero-order chi connectivity index (χ0) is 13.9. The second-order valence-electron chi connectivity index (χ2n) is 3.01. The molecule has 1 aromatic heterocycles. The van der Waals surface area contributed by atoms with Gasteiger partial charge in [-0.05, 0) is 16.8 Å². The number of carbonyl (C=O) groups is 1. The van der Waals surface area contributed by atoms with Crippen LogP contribution in [-0.4, -0.2) is 22.5 Å².